The van der Waals surface area contributed by atoms with E-state index in [4.69, 9.17) is 4.42 Å². The van der Waals surface area contributed by atoms with Gasteiger partial charge in [-0.05, 0) is 13.2 Å². The highest BCUT2D eigenvalue weighted by Crippen LogP contribution is 2.23. The first kappa shape index (κ1) is 10.1. The fraction of sp³-hybridized carbons (Fsp3) is 0.375. The number of amides is 1. The maximum Gasteiger partial charge on any atom is 0.310 e. The quantitative estimate of drug-likeness (QED) is 0.596. The van der Waals surface area contributed by atoms with E-state index in [0.717, 1.165) is 10.7 Å². The number of hydroxylamine groups is 1. The third kappa shape index (κ3) is 2.26. The third-order valence-corrected chi connectivity index (χ3v) is 2.36. The molecule has 0 spiro atoms. The minimum absolute atomic E-state index is 0.267. The van der Waals surface area contributed by atoms with Gasteiger partial charge in [-0.1, -0.05) is 0 Å². The van der Waals surface area contributed by atoms with E-state index in [-0.39, 0.29) is 11.7 Å². The smallest absolute Gasteiger partial charge is 0.310 e. The molecule has 0 saturated carbocycles. The van der Waals surface area contributed by atoms with Gasteiger partial charge in [-0.2, -0.15) is 0 Å². The van der Waals surface area contributed by atoms with Crippen LogP contribution in [0.1, 0.15) is 16.3 Å². The predicted molar refractivity (Wildman–Crippen MR) is 49.7 cm³/mol. The molecule has 0 fully saturated rings. The molecule has 1 heterocycles. The highest BCUT2D eigenvalue weighted by Gasteiger charge is 2.13. The molecular formula is C8H11NO3S. The van der Waals surface area contributed by atoms with Crippen molar-refractivity contribution in [2.45, 2.75) is 11.8 Å². The number of thioether (sulfide) groups is 1. The standard InChI is InChI=1S/C8H11NO3S/c1-5-7(13-3)4-6(12-5)8(10)9-11-2/h4H,1-3H3,(H,9,10). The molecule has 13 heavy (non-hydrogen) atoms. The van der Waals surface area contributed by atoms with Gasteiger partial charge >= 0.3 is 5.91 Å². The lowest BCUT2D eigenvalue weighted by molar-refractivity contribution is 0.0508. The molecule has 0 radical (unpaired) electrons. The Morgan fingerprint density at radius 2 is 2.38 bits per heavy atom. The van der Waals surface area contributed by atoms with Crippen molar-refractivity contribution in [1.82, 2.24) is 5.48 Å². The number of hydrogen-bond donors (Lipinski definition) is 1. The van der Waals surface area contributed by atoms with Gasteiger partial charge in [0.25, 0.3) is 0 Å². The van der Waals surface area contributed by atoms with E-state index >= 15 is 0 Å². The van der Waals surface area contributed by atoms with Crippen LogP contribution in [0, 0.1) is 6.92 Å². The fourth-order valence-corrected chi connectivity index (χ4v) is 1.48. The Labute approximate surface area is 80.6 Å². The highest BCUT2D eigenvalue weighted by molar-refractivity contribution is 7.98. The summed E-state index contributed by atoms with van der Waals surface area (Å²) >= 11 is 1.54. The van der Waals surface area contributed by atoms with Crippen molar-refractivity contribution in [3.63, 3.8) is 0 Å². The number of rotatable bonds is 3. The second-order valence-corrected chi connectivity index (χ2v) is 3.22. The maximum atomic E-state index is 11.2. The molecule has 5 heteroatoms. The monoisotopic (exact) mass is 201 g/mol. The van der Waals surface area contributed by atoms with E-state index in [1.54, 1.807) is 6.07 Å². The summed E-state index contributed by atoms with van der Waals surface area (Å²) in [5, 5.41) is 0. The number of carbonyl (C=O) groups is 1. The normalized spacial score (nSPS) is 10.1. The minimum Gasteiger partial charge on any atom is -0.455 e. The van der Waals surface area contributed by atoms with Crippen LogP contribution in [0.15, 0.2) is 15.4 Å². The predicted octanol–water partition coefficient (Wildman–Crippen LogP) is 1.60. The zero-order valence-electron chi connectivity index (χ0n) is 7.71. The molecule has 0 atom stereocenters. The highest BCUT2D eigenvalue weighted by atomic mass is 32.2. The molecule has 1 amide bonds. The summed E-state index contributed by atoms with van der Waals surface area (Å²) in [6.07, 6.45) is 1.93. The van der Waals surface area contributed by atoms with Gasteiger partial charge in [0.1, 0.15) is 5.76 Å². The lowest BCUT2D eigenvalue weighted by atomic mass is 10.4. The zero-order chi connectivity index (χ0) is 9.84. The summed E-state index contributed by atoms with van der Waals surface area (Å²) in [4.78, 5) is 16.6. The van der Waals surface area contributed by atoms with Crippen LogP contribution in [-0.2, 0) is 4.84 Å². The third-order valence-electron chi connectivity index (χ3n) is 1.51. The van der Waals surface area contributed by atoms with Crippen LogP contribution in [0.2, 0.25) is 0 Å². The van der Waals surface area contributed by atoms with Crippen LogP contribution >= 0.6 is 11.8 Å². The molecule has 0 aliphatic rings. The average molecular weight is 201 g/mol. The molecule has 72 valence electrons. The Balaban J connectivity index is 2.84. The molecule has 1 aromatic heterocycles. The van der Waals surface area contributed by atoms with Crippen LogP contribution in [0.4, 0.5) is 0 Å². The lowest BCUT2D eigenvalue weighted by Crippen LogP contribution is -2.21. The van der Waals surface area contributed by atoms with Gasteiger partial charge in [0, 0.05) is 11.0 Å². The van der Waals surface area contributed by atoms with Crippen molar-refractivity contribution in [2.75, 3.05) is 13.4 Å². The molecular weight excluding hydrogens is 190 g/mol. The molecule has 1 N–H and O–H groups in total. The van der Waals surface area contributed by atoms with Gasteiger partial charge < -0.3 is 4.42 Å². The molecule has 1 rings (SSSR count). The summed E-state index contributed by atoms with van der Waals surface area (Å²) in [6.45, 7) is 1.81. The summed E-state index contributed by atoms with van der Waals surface area (Å²) in [7, 11) is 1.38. The van der Waals surface area contributed by atoms with Crippen LogP contribution in [0.25, 0.3) is 0 Å². The van der Waals surface area contributed by atoms with Gasteiger partial charge in [-0.15, -0.1) is 11.8 Å². The minimum atomic E-state index is -0.370. The SMILES string of the molecule is CONC(=O)c1cc(SC)c(C)o1. The summed E-state index contributed by atoms with van der Waals surface area (Å²) in [6, 6.07) is 1.69. The number of nitrogens with one attached hydrogen (secondary N) is 1. The number of aryl methyl sites for hydroxylation is 1. The van der Waals surface area contributed by atoms with E-state index < -0.39 is 0 Å². The van der Waals surface area contributed by atoms with Crippen molar-refractivity contribution in [3.05, 3.63) is 17.6 Å². The van der Waals surface area contributed by atoms with E-state index in [0.29, 0.717) is 0 Å². The first-order valence-corrected chi connectivity index (χ1v) is 4.89. The van der Waals surface area contributed by atoms with Crippen molar-refractivity contribution in [2.24, 2.45) is 0 Å². The number of hydrogen-bond acceptors (Lipinski definition) is 4. The number of furan rings is 1. The Bertz CT molecular complexity index is 308. The molecule has 4 nitrogen and oxygen atoms in total. The maximum absolute atomic E-state index is 11.2. The van der Waals surface area contributed by atoms with Crippen molar-refractivity contribution >= 4 is 17.7 Å². The first-order chi connectivity index (χ1) is 6.19. The Morgan fingerprint density at radius 1 is 1.69 bits per heavy atom. The fourth-order valence-electron chi connectivity index (χ4n) is 0.923. The van der Waals surface area contributed by atoms with Gasteiger partial charge in [0.05, 0.1) is 7.11 Å². The largest absolute Gasteiger partial charge is 0.455 e. The van der Waals surface area contributed by atoms with E-state index in [2.05, 4.69) is 10.3 Å². The molecule has 1 aromatic rings. The second kappa shape index (κ2) is 4.34. The van der Waals surface area contributed by atoms with E-state index in [9.17, 15) is 4.79 Å². The van der Waals surface area contributed by atoms with Crippen molar-refractivity contribution < 1.29 is 14.0 Å². The molecule has 0 aromatic carbocycles. The molecule has 0 bridgehead atoms. The molecule has 0 unspecified atom stereocenters. The lowest BCUT2D eigenvalue weighted by Gasteiger charge is -1.96. The summed E-state index contributed by atoms with van der Waals surface area (Å²) < 4.78 is 5.21. The topological polar surface area (TPSA) is 51.5 Å². The van der Waals surface area contributed by atoms with E-state index in [1.165, 1.54) is 18.9 Å². The Morgan fingerprint density at radius 3 is 2.85 bits per heavy atom. The van der Waals surface area contributed by atoms with Crippen LogP contribution in [0.5, 0.6) is 0 Å². The molecule has 0 aliphatic heterocycles. The average Bonchev–Trinajstić information content (AvgIpc) is 2.47. The molecule has 0 aliphatic carbocycles. The van der Waals surface area contributed by atoms with Gasteiger partial charge in [-0.3, -0.25) is 9.63 Å². The van der Waals surface area contributed by atoms with Crippen molar-refractivity contribution in [3.8, 4) is 0 Å². The van der Waals surface area contributed by atoms with Gasteiger partial charge in [0.15, 0.2) is 5.76 Å². The second-order valence-electron chi connectivity index (χ2n) is 2.37. The first-order valence-electron chi connectivity index (χ1n) is 3.66. The summed E-state index contributed by atoms with van der Waals surface area (Å²) in [5.74, 6) is 0.642. The van der Waals surface area contributed by atoms with Crippen LogP contribution in [-0.4, -0.2) is 19.3 Å². The van der Waals surface area contributed by atoms with Crippen LogP contribution in [0.3, 0.4) is 0 Å². The van der Waals surface area contributed by atoms with Crippen LogP contribution < -0.4 is 5.48 Å². The Hall–Kier alpha value is -0.940. The molecule has 0 saturated heterocycles. The van der Waals surface area contributed by atoms with Gasteiger partial charge in [0.2, 0.25) is 0 Å². The van der Waals surface area contributed by atoms with E-state index in [1.807, 2.05) is 13.2 Å². The Kier molecular flexibility index (Phi) is 3.39. The van der Waals surface area contributed by atoms with Gasteiger partial charge in [-0.25, -0.2) is 5.48 Å². The zero-order valence-corrected chi connectivity index (χ0v) is 8.53. The number of carbonyl (C=O) groups excluding carboxylic acids is 1. The van der Waals surface area contributed by atoms with Crippen molar-refractivity contribution in [1.29, 1.82) is 0 Å². The summed E-state index contributed by atoms with van der Waals surface area (Å²) in [5.41, 5.74) is 2.18.